The van der Waals surface area contributed by atoms with Crippen LogP contribution in [0.5, 0.6) is 0 Å². The second kappa shape index (κ2) is 3.61. The van der Waals surface area contributed by atoms with Gasteiger partial charge in [-0.2, -0.15) is 0 Å². The lowest BCUT2D eigenvalue weighted by molar-refractivity contribution is -0.147. The van der Waals surface area contributed by atoms with E-state index in [9.17, 15) is 9.90 Å². The summed E-state index contributed by atoms with van der Waals surface area (Å²) >= 11 is 0. The van der Waals surface area contributed by atoms with E-state index < -0.39 is 18.2 Å². The Labute approximate surface area is 83.5 Å². The topological polar surface area (TPSA) is 55.8 Å². The molecule has 14 heavy (non-hydrogen) atoms. The van der Waals surface area contributed by atoms with Crippen molar-refractivity contribution in [3.05, 3.63) is 11.8 Å². The Hall–Kier alpha value is -1.03. The fraction of sp³-hybridized carbons (Fsp3) is 0.700. The van der Waals surface area contributed by atoms with E-state index in [-0.39, 0.29) is 5.41 Å². The van der Waals surface area contributed by atoms with Crippen LogP contribution in [-0.2, 0) is 14.3 Å². The zero-order valence-electron chi connectivity index (χ0n) is 8.90. The molecule has 0 fully saturated rings. The van der Waals surface area contributed by atoms with E-state index in [2.05, 4.69) is 0 Å². The Kier molecular flexibility index (Phi) is 2.85. The predicted octanol–water partition coefficient (Wildman–Crippen LogP) is 0.849. The highest BCUT2D eigenvalue weighted by Gasteiger charge is 2.39. The number of cyclic esters (lactones) is 1. The number of ether oxygens (including phenoxy) is 2. The van der Waals surface area contributed by atoms with Gasteiger partial charge in [-0.05, 0) is 5.41 Å². The van der Waals surface area contributed by atoms with Crippen molar-refractivity contribution < 1.29 is 19.4 Å². The van der Waals surface area contributed by atoms with Crippen molar-refractivity contribution in [1.29, 1.82) is 0 Å². The molecule has 0 aromatic carbocycles. The number of methoxy groups -OCH3 is 1. The smallest absolute Gasteiger partial charge is 0.335 e. The Morgan fingerprint density at radius 2 is 2.14 bits per heavy atom. The molecule has 1 aliphatic heterocycles. The van der Waals surface area contributed by atoms with Gasteiger partial charge >= 0.3 is 5.97 Å². The van der Waals surface area contributed by atoms with Crippen LogP contribution >= 0.6 is 0 Å². The molecule has 0 saturated heterocycles. The third-order valence-corrected chi connectivity index (χ3v) is 2.19. The number of carbonyl (C=O) groups is 1. The average molecular weight is 200 g/mol. The van der Waals surface area contributed by atoms with Gasteiger partial charge in [0.2, 0.25) is 0 Å². The molecule has 0 saturated carbocycles. The largest absolute Gasteiger partial charge is 0.497 e. The zero-order chi connectivity index (χ0) is 10.9. The van der Waals surface area contributed by atoms with Crippen LogP contribution < -0.4 is 0 Å². The molecule has 4 heteroatoms. The molecule has 2 unspecified atom stereocenters. The first-order valence-electron chi connectivity index (χ1n) is 4.50. The van der Waals surface area contributed by atoms with Crippen molar-refractivity contribution in [2.45, 2.75) is 33.0 Å². The number of carbonyl (C=O) groups excluding carboxylic acids is 1. The van der Waals surface area contributed by atoms with Gasteiger partial charge in [-0.3, -0.25) is 0 Å². The monoisotopic (exact) mass is 200 g/mol. The maximum atomic E-state index is 11.0. The van der Waals surface area contributed by atoms with Gasteiger partial charge in [-0.15, -0.1) is 0 Å². The third-order valence-electron chi connectivity index (χ3n) is 2.19. The summed E-state index contributed by atoms with van der Waals surface area (Å²) in [6, 6.07) is 0. The number of hydrogen-bond donors (Lipinski definition) is 1. The summed E-state index contributed by atoms with van der Waals surface area (Å²) in [7, 11) is 1.45. The standard InChI is InChI=1S/C10H16O4/c1-10(2,3)9(12)8-6(13-4)5-7(11)14-8/h5,8-9,12H,1-4H3. The van der Waals surface area contributed by atoms with E-state index in [1.165, 1.54) is 13.2 Å². The lowest BCUT2D eigenvalue weighted by Crippen LogP contribution is -2.39. The summed E-state index contributed by atoms with van der Waals surface area (Å²) < 4.78 is 9.91. The molecule has 1 aliphatic rings. The number of rotatable bonds is 2. The van der Waals surface area contributed by atoms with Crippen molar-refractivity contribution in [3.8, 4) is 0 Å². The van der Waals surface area contributed by atoms with E-state index in [0.717, 1.165) is 0 Å². The Bertz CT molecular complexity index is 262. The second-order valence-corrected chi connectivity index (χ2v) is 4.42. The summed E-state index contributed by atoms with van der Waals surface area (Å²) in [4.78, 5) is 11.0. The van der Waals surface area contributed by atoms with Crippen LogP contribution in [0.3, 0.4) is 0 Å². The Morgan fingerprint density at radius 3 is 2.57 bits per heavy atom. The first-order valence-corrected chi connectivity index (χ1v) is 4.50. The van der Waals surface area contributed by atoms with Crippen molar-refractivity contribution >= 4 is 5.97 Å². The second-order valence-electron chi connectivity index (χ2n) is 4.42. The van der Waals surface area contributed by atoms with Crippen LogP contribution in [0.2, 0.25) is 0 Å². The molecule has 2 atom stereocenters. The minimum absolute atomic E-state index is 0.354. The predicted molar refractivity (Wildman–Crippen MR) is 50.4 cm³/mol. The quantitative estimate of drug-likeness (QED) is 0.671. The van der Waals surface area contributed by atoms with Crippen LogP contribution in [0.1, 0.15) is 20.8 Å². The van der Waals surface area contributed by atoms with Gasteiger partial charge in [-0.1, -0.05) is 20.8 Å². The van der Waals surface area contributed by atoms with E-state index in [1.807, 2.05) is 20.8 Å². The molecule has 4 nitrogen and oxygen atoms in total. The van der Waals surface area contributed by atoms with Crippen LogP contribution in [0, 0.1) is 5.41 Å². The summed E-state index contributed by atoms with van der Waals surface area (Å²) in [5.74, 6) is -0.0763. The minimum Gasteiger partial charge on any atom is -0.497 e. The minimum atomic E-state index is -0.764. The van der Waals surface area contributed by atoms with Crippen LogP contribution in [0.25, 0.3) is 0 Å². The fourth-order valence-electron chi connectivity index (χ4n) is 1.26. The summed E-state index contributed by atoms with van der Waals surface area (Å²) in [5, 5.41) is 9.91. The van der Waals surface area contributed by atoms with Gasteiger partial charge in [0.05, 0.1) is 13.2 Å². The van der Waals surface area contributed by atoms with E-state index in [1.54, 1.807) is 0 Å². The van der Waals surface area contributed by atoms with Gasteiger partial charge in [0.1, 0.15) is 11.9 Å². The molecule has 0 amide bonds. The van der Waals surface area contributed by atoms with Gasteiger partial charge in [0.15, 0.2) is 6.10 Å². The fourth-order valence-corrected chi connectivity index (χ4v) is 1.26. The number of esters is 1. The van der Waals surface area contributed by atoms with Gasteiger partial charge in [0.25, 0.3) is 0 Å². The summed E-state index contributed by atoms with van der Waals surface area (Å²) in [6.07, 6.45) is -0.174. The molecular weight excluding hydrogens is 184 g/mol. The first kappa shape index (κ1) is 11.0. The van der Waals surface area contributed by atoms with E-state index in [0.29, 0.717) is 5.76 Å². The summed E-state index contributed by atoms with van der Waals surface area (Å²) in [6.45, 7) is 5.62. The highest BCUT2D eigenvalue weighted by Crippen LogP contribution is 2.29. The van der Waals surface area contributed by atoms with E-state index >= 15 is 0 Å². The SMILES string of the molecule is COC1=CC(=O)OC1C(O)C(C)(C)C. The van der Waals surface area contributed by atoms with Crippen LogP contribution in [0.15, 0.2) is 11.8 Å². The lowest BCUT2D eigenvalue weighted by Gasteiger charge is -2.30. The molecule has 0 aliphatic carbocycles. The van der Waals surface area contributed by atoms with Gasteiger partial charge in [-0.25, -0.2) is 4.79 Å². The van der Waals surface area contributed by atoms with Gasteiger partial charge < -0.3 is 14.6 Å². The maximum Gasteiger partial charge on any atom is 0.335 e. The molecule has 0 aromatic heterocycles. The lowest BCUT2D eigenvalue weighted by atomic mass is 9.85. The van der Waals surface area contributed by atoms with E-state index in [4.69, 9.17) is 9.47 Å². The molecule has 80 valence electrons. The van der Waals surface area contributed by atoms with Crippen molar-refractivity contribution in [2.75, 3.05) is 7.11 Å². The number of aliphatic hydroxyl groups is 1. The molecule has 1 heterocycles. The van der Waals surface area contributed by atoms with Crippen molar-refractivity contribution in [2.24, 2.45) is 5.41 Å². The number of aliphatic hydroxyl groups excluding tert-OH is 1. The molecule has 0 spiro atoms. The number of hydrogen-bond acceptors (Lipinski definition) is 4. The van der Waals surface area contributed by atoms with Gasteiger partial charge in [0, 0.05) is 0 Å². The Balaban J connectivity index is 2.80. The first-order chi connectivity index (χ1) is 6.36. The maximum absolute atomic E-state index is 11.0. The van der Waals surface area contributed by atoms with Crippen LogP contribution in [0.4, 0.5) is 0 Å². The third kappa shape index (κ3) is 2.07. The molecule has 1 rings (SSSR count). The zero-order valence-corrected chi connectivity index (χ0v) is 8.90. The molecule has 0 aromatic rings. The highest BCUT2D eigenvalue weighted by atomic mass is 16.6. The van der Waals surface area contributed by atoms with Crippen LogP contribution in [-0.4, -0.2) is 30.4 Å². The van der Waals surface area contributed by atoms with Crippen molar-refractivity contribution in [1.82, 2.24) is 0 Å². The molecule has 1 N–H and O–H groups in total. The molecule has 0 radical (unpaired) electrons. The average Bonchev–Trinajstić information content (AvgIpc) is 2.43. The normalized spacial score (nSPS) is 24.2. The Morgan fingerprint density at radius 1 is 1.57 bits per heavy atom. The highest BCUT2D eigenvalue weighted by molar-refractivity contribution is 5.85. The molecular formula is C10H16O4. The van der Waals surface area contributed by atoms with Crippen molar-refractivity contribution in [3.63, 3.8) is 0 Å². The molecule has 0 bridgehead atoms. The summed E-state index contributed by atoms with van der Waals surface area (Å²) in [5.41, 5.74) is -0.354.